The highest BCUT2D eigenvalue weighted by atomic mass is 14.6. The summed E-state index contributed by atoms with van der Waals surface area (Å²) in [5.74, 6) is 0.464. The first-order chi connectivity index (χ1) is 7.17. The molecule has 0 aliphatic rings. The lowest BCUT2D eigenvalue weighted by atomic mass is 9.96. The van der Waals surface area contributed by atoms with Gasteiger partial charge >= 0.3 is 0 Å². The lowest BCUT2D eigenvalue weighted by Gasteiger charge is -2.13. The molecule has 84 valence electrons. The number of aryl methyl sites for hydroxylation is 3. The smallest absolute Gasteiger partial charge is 0.00367 e. The Hall–Kier alpha value is -0.860. The van der Waals surface area contributed by atoms with Crippen LogP contribution in [0.3, 0.4) is 0 Å². The molecule has 0 saturated carbocycles. The zero-order chi connectivity index (χ0) is 11.3. The minimum atomic E-state index is 0.464. The molecular formula is C13H22N2. The molecule has 0 amide bonds. The Kier molecular flexibility index (Phi) is 4.79. The number of hydrogen-bond donors (Lipinski definition) is 2. The maximum atomic E-state index is 5.63. The van der Waals surface area contributed by atoms with Gasteiger partial charge in [0.1, 0.15) is 0 Å². The maximum Gasteiger partial charge on any atom is -0.00367 e. The summed E-state index contributed by atoms with van der Waals surface area (Å²) < 4.78 is 0. The third-order valence-electron chi connectivity index (χ3n) is 2.99. The lowest BCUT2D eigenvalue weighted by Crippen LogP contribution is -2.23. The van der Waals surface area contributed by atoms with Crippen LogP contribution in [0.15, 0.2) is 18.2 Å². The fourth-order valence-electron chi connectivity index (χ4n) is 1.82. The van der Waals surface area contributed by atoms with Gasteiger partial charge < -0.3 is 11.5 Å². The van der Waals surface area contributed by atoms with Gasteiger partial charge in [-0.15, -0.1) is 0 Å². The molecule has 4 N–H and O–H groups in total. The molecule has 1 aromatic carbocycles. The van der Waals surface area contributed by atoms with Gasteiger partial charge in [0.25, 0.3) is 0 Å². The fourth-order valence-corrected chi connectivity index (χ4v) is 1.82. The second-order valence-electron chi connectivity index (χ2n) is 4.31. The van der Waals surface area contributed by atoms with Crippen LogP contribution in [-0.4, -0.2) is 13.1 Å². The molecule has 0 aliphatic carbocycles. The van der Waals surface area contributed by atoms with Crippen LogP contribution >= 0.6 is 0 Å². The van der Waals surface area contributed by atoms with E-state index in [1.165, 1.54) is 16.7 Å². The lowest BCUT2D eigenvalue weighted by molar-refractivity contribution is 0.507. The second-order valence-corrected chi connectivity index (χ2v) is 4.31. The first kappa shape index (κ1) is 12.2. The molecule has 0 aromatic heterocycles. The van der Waals surface area contributed by atoms with Gasteiger partial charge in [-0.05, 0) is 56.8 Å². The van der Waals surface area contributed by atoms with Crippen molar-refractivity contribution in [2.75, 3.05) is 13.1 Å². The van der Waals surface area contributed by atoms with Crippen molar-refractivity contribution in [3.05, 3.63) is 34.9 Å². The van der Waals surface area contributed by atoms with Gasteiger partial charge in [-0.2, -0.15) is 0 Å². The van der Waals surface area contributed by atoms with E-state index in [4.69, 9.17) is 11.5 Å². The van der Waals surface area contributed by atoms with E-state index in [2.05, 4.69) is 32.0 Å². The van der Waals surface area contributed by atoms with Gasteiger partial charge in [-0.25, -0.2) is 0 Å². The number of nitrogens with two attached hydrogens (primary N) is 2. The molecule has 0 fully saturated rings. The van der Waals surface area contributed by atoms with Crippen molar-refractivity contribution in [1.82, 2.24) is 0 Å². The Morgan fingerprint density at radius 3 is 2.33 bits per heavy atom. The monoisotopic (exact) mass is 206 g/mol. The molecule has 0 unspecified atom stereocenters. The van der Waals surface area contributed by atoms with Crippen LogP contribution in [-0.2, 0) is 6.42 Å². The fraction of sp³-hybridized carbons (Fsp3) is 0.538. The average molecular weight is 206 g/mol. The Balaban J connectivity index is 2.57. The van der Waals surface area contributed by atoms with Gasteiger partial charge in [0.15, 0.2) is 0 Å². The highest BCUT2D eigenvalue weighted by molar-refractivity contribution is 5.30. The molecule has 0 bridgehead atoms. The highest BCUT2D eigenvalue weighted by Gasteiger charge is 2.05. The van der Waals surface area contributed by atoms with E-state index in [0.717, 1.165) is 12.8 Å². The Morgan fingerprint density at radius 2 is 1.80 bits per heavy atom. The number of hydrogen-bond acceptors (Lipinski definition) is 2. The van der Waals surface area contributed by atoms with E-state index in [0.29, 0.717) is 19.0 Å². The van der Waals surface area contributed by atoms with Crippen molar-refractivity contribution >= 4 is 0 Å². The van der Waals surface area contributed by atoms with Crippen LogP contribution in [0.2, 0.25) is 0 Å². The summed E-state index contributed by atoms with van der Waals surface area (Å²) in [7, 11) is 0. The minimum Gasteiger partial charge on any atom is -0.330 e. The van der Waals surface area contributed by atoms with Crippen molar-refractivity contribution in [2.45, 2.75) is 26.7 Å². The Morgan fingerprint density at radius 1 is 1.13 bits per heavy atom. The quantitative estimate of drug-likeness (QED) is 0.771. The summed E-state index contributed by atoms with van der Waals surface area (Å²) in [4.78, 5) is 0. The summed E-state index contributed by atoms with van der Waals surface area (Å²) in [6.07, 6.45) is 2.18. The van der Waals surface area contributed by atoms with Gasteiger partial charge in [-0.1, -0.05) is 23.8 Å². The molecule has 0 aliphatic heterocycles. The van der Waals surface area contributed by atoms with Crippen LogP contribution in [0.1, 0.15) is 23.1 Å². The van der Waals surface area contributed by atoms with Crippen molar-refractivity contribution in [1.29, 1.82) is 0 Å². The highest BCUT2D eigenvalue weighted by Crippen LogP contribution is 2.14. The summed E-state index contributed by atoms with van der Waals surface area (Å²) in [6, 6.07) is 6.62. The zero-order valence-corrected chi connectivity index (χ0v) is 9.79. The van der Waals surface area contributed by atoms with Crippen LogP contribution in [0, 0.1) is 19.8 Å². The molecule has 1 aromatic rings. The van der Waals surface area contributed by atoms with E-state index in [-0.39, 0.29) is 0 Å². The second kappa shape index (κ2) is 5.89. The van der Waals surface area contributed by atoms with Gasteiger partial charge in [0.2, 0.25) is 0 Å². The molecule has 2 nitrogen and oxygen atoms in total. The van der Waals surface area contributed by atoms with E-state index in [1.807, 2.05) is 0 Å². The van der Waals surface area contributed by atoms with Crippen molar-refractivity contribution in [2.24, 2.45) is 17.4 Å². The van der Waals surface area contributed by atoms with Gasteiger partial charge in [0, 0.05) is 0 Å². The number of rotatable bonds is 5. The van der Waals surface area contributed by atoms with Crippen LogP contribution in [0.5, 0.6) is 0 Å². The standard InChI is InChI=1S/C13H22N2/c1-10-3-5-13(11(2)7-10)6-4-12(8-14)9-15/h3,5,7,12H,4,6,8-9,14-15H2,1-2H3. The third kappa shape index (κ3) is 3.65. The molecule has 0 saturated heterocycles. The molecule has 2 heteroatoms. The first-order valence-corrected chi connectivity index (χ1v) is 5.63. The van der Waals surface area contributed by atoms with Gasteiger partial charge in [-0.3, -0.25) is 0 Å². The van der Waals surface area contributed by atoms with Crippen molar-refractivity contribution in [3.8, 4) is 0 Å². The summed E-state index contributed by atoms with van der Waals surface area (Å²) in [6.45, 7) is 5.68. The van der Waals surface area contributed by atoms with Gasteiger partial charge in [0.05, 0.1) is 0 Å². The van der Waals surface area contributed by atoms with E-state index in [1.54, 1.807) is 0 Å². The van der Waals surface area contributed by atoms with E-state index >= 15 is 0 Å². The van der Waals surface area contributed by atoms with Crippen LogP contribution in [0.25, 0.3) is 0 Å². The molecule has 0 heterocycles. The van der Waals surface area contributed by atoms with Crippen molar-refractivity contribution in [3.63, 3.8) is 0 Å². The van der Waals surface area contributed by atoms with E-state index in [9.17, 15) is 0 Å². The Labute approximate surface area is 92.7 Å². The minimum absolute atomic E-state index is 0.464. The third-order valence-corrected chi connectivity index (χ3v) is 2.99. The molecule has 0 spiro atoms. The normalized spacial score (nSPS) is 11.0. The molecule has 15 heavy (non-hydrogen) atoms. The molecular weight excluding hydrogens is 184 g/mol. The predicted molar refractivity (Wildman–Crippen MR) is 65.8 cm³/mol. The summed E-state index contributed by atoms with van der Waals surface area (Å²) in [5, 5.41) is 0. The van der Waals surface area contributed by atoms with Crippen LogP contribution in [0.4, 0.5) is 0 Å². The molecule has 0 atom stereocenters. The maximum absolute atomic E-state index is 5.63. The van der Waals surface area contributed by atoms with Crippen LogP contribution < -0.4 is 11.5 Å². The average Bonchev–Trinajstić information content (AvgIpc) is 2.22. The predicted octanol–water partition coefficient (Wildman–Crippen LogP) is 1.77. The van der Waals surface area contributed by atoms with E-state index < -0.39 is 0 Å². The topological polar surface area (TPSA) is 52.0 Å². The molecule has 0 radical (unpaired) electrons. The summed E-state index contributed by atoms with van der Waals surface area (Å²) in [5.41, 5.74) is 15.4. The molecule has 1 rings (SSSR count). The Bertz CT molecular complexity index is 303. The van der Waals surface area contributed by atoms with Crippen molar-refractivity contribution < 1.29 is 0 Å². The largest absolute Gasteiger partial charge is 0.330 e. The SMILES string of the molecule is Cc1ccc(CCC(CN)CN)c(C)c1. The number of benzene rings is 1. The first-order valence-electron chi connectivity index (χ1n) is 5.63. The zero-order valence-electron chi connectivity index (χ0n) is 9.79. The summed E-state index contributed by atoms with van der Waals surface area (Å²) >= 11 is 0.